The molecule has 2 rings (SSSR count). The summed E-state index contributed by atoms with van der Waals surface area (Å²) in [5, 5.41) is 12.1. The summed E-state index contributed by atoms with van der Waals surface area (Å²) >= 11 is 0. The third-order valence-corrected chi connectivity index (χ3v) is 4.18. The van der Waals surface area contributed by atoms with Gasteiger partial charge in [0.1, 0.15) is 0 Å². The summed E-state index contributed by atoms with van der Waals surface area (Å²) in [5.41, 5.74) is 0.867. The minimum Gasteiger partial charge on any atom is -0.481 e. The zero-order valence-corrected chi connectivity index (χ0v) is 12.1. The highest BCUT2D eigenvalue weighted by atomic mass is 16.4. The second-order valence-electron chi connectivity index (χ2n) is 6.27. The Hall–Kier alpha value is -1.84. The molecule has 20 heavy (non-hydrogen) atoms. The molecule has 0 aliphatic heterocycles. The Labute approximate surface area is 119 Å². The molecule has 3 atom stereocenters. The first-order valence-electron chi connectivity index (χ1n) is 6.91. The summed E-state index contributed by atoms with van der Waals surface area (Å²) in [4.78, 5) is 23.5. The van der Waals surface area contributed by atoms with E-state index in [1.54, 1.807) is 6.92 Å². The number of hydrogen-bond acceptors (Lipinski definition) is 2. The summed E-state index contributed by atoms with van der Waals surface area (Å²) in [6, 6.07) is 8.79. The number of rotatable bonds is 5. The van der Waals surface area contributed by atoms with Gasteiger partial charge in [-0.05, 0) is 24.3 Å². The van der Waals surface area contributed by atoms with Crippen molar-refractivity contribution in [3.63, 3.8) is 0 Å². The molecular formula is C16H21NO3. The van der Waals surface area contributed by atoms with Crippen LogP contribution in [0.2, 0.25) is 0 Å². The summed E-state index contributed by atoms with van der Waals surface area (Å²) in [6.45, 7) is 5.73. The Balaban J connectivity index is 2.16. The number of carbonyl (C=O) groups excluding carboxylic acids is 1. The van der Waals surface area contributed by atoms with Gasteiger partial charge in [-0.2, -0.15) is 0 Å². The van der Waals surface area contributed by atoms with Crippen molar-refractivity contribution in [2.24, 2.45) is 17.3 Å². The minimum absolute atomic E-state index is 0.00490. The maximum atomic E-state index is 12.2. The van der Waals surface area contributed by atoms with Gasteiger partial charge in [-0.1, -0.05) is 44.2 Å². The van der Waals surface area contributed by atoms with E-state index < -0.39 is 17.9 Å². The monoisotopic (exact) mass is 275 g/mol. The number of carboxylic acid groups (broad SMARTS) is 1. The maximum absolute atomic E-state index is 12.2. The van der Waals surface area contributed by atoms with Crippen LogP contribution < -0.4 is 5.32 Å². The van der Waals surface area contributed by atoms with Gasteiger partial charge in [0.25, 0.3) is 0 Å². The Kier molecular flexibility index (Phi) is 3.84. The van der Waals surface area contributed by atoms with Crippen molar-refractivity contribution in [1.29, 1.82) is 0 Å². The number of hydrogen-bond donors (Lipinski definition) is 2. The van der Waals surface area contributed by atoms with Crippen LogP contribution in [0.25, 0.3) is 0 Å². The van der Waals surface area contributed by atoms with Crippen LogP contribution in [0.4, 0.5) is 0 Å². The lowest BCUT2D eigenvalue weighted by atomic mass is 9.94. The third kappa shape index (κ3) is 3.00. The van der Waals surface area contributed by atoms with Gasteiger partial charge in [0.05, 0.1) is 12.0 Å². The molecule has 4 nitrogen and oxygen atoms in total. The Morgan fingerprint density at radius 3 is 2.30 bits per heavy atom. The van der Waals surface area contributed by atoms with E-state index in [0.717, 1.165) is 12.0 Å². The fourth-order valence-corrected chi connectivity index (χ4v) is 2.47. The molecule has 1 amide bonds. The molecule has 0 aromatic heterocycles. The molecule has 0 bridgehead atoms. The molecule has 0 heterocycles. The van der Waals surface area contributed by atoms with E-state index in [-0.39, 0.29) is 17.2 Å². The molecule has 0 spiro atoms. The smallest absolute Gasteiger partial charge is 0.308 e. The molecule has 1 aliphatic carbocycles. The van der Waals surface area contributed by atoms with Crippen molar-refractivity contribution >= 4 is 11.9 Å². The first-order valence-corrected chi connectivity index (χ1v) is 6.91. The van der Waals surface area contributed by atoms with Crippen molar-refractivity contribution in [3.8, 4) is 0 Å². The number of carboxylic acids is 1. The standard InChI is InChI=1S/C16H21NO3/c1-10(15(19)20)13(11-7-5-4-6-8-11)17-14(18)12-9-16(12,2)3/h4-8,10,12-13H,9H2,1-3H3,(H,17,18)(H,19,20). The molecule has 0 saturated heterocycles. The molecule has 3 unspecified atom stereocenters. The first-order chi connectivity index (χ1) is 9.33. The van der Waals surface area contributed by atoms with Gasteiger partial charge in [-0.15, -0.1) is 0 Å². The number of aliphatic carboxylic acids is 1. The van der Waals surface area contributed by atoms with Crippen LogP contribution in [0.1, 0.15) is 38.8 Å². The molecular weight excluding hydrogens is 254 g/mol. The van der Waals surface area contributed by atoms with Crippen LogP contribution in [0, 0.1) is 17.3 Å². The third-order valence-electron chi connectivity index (χ3n) is 4.18. The van der Waals surface area contributed by atoms with Crippen LogP contribution in [0.3, 0.4) is 0 Å². The predicted molar refractivity (Wildman–Crippen MR) is 76.0 cm³/mol. The lowest BCUT2D eigenvalue weighted by molar-refractivity contribution is -0.142. The molecule has 1 aromatic rings. The number of amides is 1. The van der Waals surface area contributed by atoms with Gasteiger partial charge >= 0.3 is 5.97 Å². The Morgan fingerprint density at radius 2 is 1.85 bits per heavy atom. The zero-order valence-electron chi connectivity index (χ0n) is 12.1. The predicted octanol–water partition coefficient (Wildman–Crippen LogP) is 2.61. The zero-order chi connectivity index (χ0) is 14.9. The molecule has 0 radical (unpaired) electrons. The number of carbonyl (C=O) groups is 2. The molecule has 1 fully saturated rings. The van der Waals surface area contributed by atoms with Gasteiger partial charge in [-0.25, -0.2) is 0 Å². The average molecular weight is 275 g/mol. The van der Waals surface area contributed by atoms with E-state index >= 15 is 0 Å². The topological polar surface area (TPSA) is 66.4 Å². The van der Waals surface area contributed by atoms with E-state index in [0.29, 0.717) is 0 Å². The summed E-state index contributed by atoms with van der Waals surface area (Å²) < 4.78 is 0. The lowest BCUT2D eigenvalue weighted by Gasteiger charge is -2.23. The van der Waals surface area contributed by atoms with Crippen LogP contribution in [-0.4, -0.2) is 17.0 Å². The van der Waals surface area contributed by atoms with Crippen molar-refractivity contribution in [2.45, 2.75) is 33.2 Å². The SMILES string of the molecule is CC(C(=O)O)C(NC(=O)C1CC1(C)C)c1ccccc1. The Morgan fingerprint density at radius 1 is 1.30 bits per heavy atom. The maximum Gasteiger partial charge on any atom is 0.308 e. The van der Waals surface area contributed by atoms with Crippen LogP contribution >= 0.6 is 0 Å². The average Bonchev–Trinajstić information content (AvgIpc) is 3.05. The van der Waals surface area contributed by atoms with Crippen molar-refractivity contribution < 1.29 is 14.7 Å². The summed E-state index contributed by atoms with van der Waals surface area (Å²) in [6.07, 6.45) is 0.863. The minimum atomic E-state index is -0.908. The van der Waals surface area contributed by atoms with E-state index in [2.05, 4.69) is 19.2 Å². The van der Waals surface area contributed by atoms with Gasteiger partial charge in [-0.3, -0.25) is 9.59 Å². The highest BCUT2D eigenvalue weighted by Gasteiger charge is 2.51. The van der Waals surface area contributed by atoms with Gasteiger partial charge < -0.3 is 10.4 Å². The fraction of sp³-hybridized carbons (Fsp3) is 0.500. The van der Waals surface area contributed by atoms with Gasteiger partial charge in [0, 0.05) is 5.92 Å². The van der Waals surface area contributed by atoms with Gasteiger partial charge in [0.15, 0.2) is 0 Å². The van der Waals surface area contributed by atoms with Crippen molar-refractivity contribution in [3.05, 3.63) is 35.9 Å². The fourth-order valence-electron chi connectivity index (χ4n) is 2.47. The van der Waals surface area contributed by atoms with Crippen LogP contribution in [-0.2, 0) is 9.59 Å². The molecule has 1 saturated carbocycles. The Bertz CT molecular complexity index is 510. The second kappa shape index (κ2) is 5.27. The van der Waals surface area contributed by atoms with E-state index in [1.165, 1.54) is 0 Å². The quantitative estimate of drug-likeness (QED) is 0.868. The lowest BCUT2D eigenvalue weighted by Crippen LogP contribution is -2.37. The second-order valence-corrected chi connectivity index (χ2v) is 6.27. The van der Waals surface area contributed by atoms with E-state index in [9.17, 15) is 14.7 Å². The van der Waals surface area contributed by atoms with Crippen molar-refractivity contribution in [1.82, 2.24) is 5.32 Å². The molecule has 1 aromatic carbocycles. The van der Waals surface area contributed by atoms with Gasteiger partial charge in [0.2, 0.25) is 5.91 Å². The van der Waals surface area contributed by atoms with E-state index in [4.69, 9.17) is 0 Å². The highest BCUT2D eigenvalue weighted by molar-refractivity contribution is 5.83. The van der Waals surface area contributed by atoms with Crippen LogP contribution in [0.15, 0.2) is 30.3 Å². The normalized spacial score (nSPS) is 22.6. The number of nitrogens with one attached hydrogen (secondary N) is 1. The summed E-state index contributed by atoms with van der Waals surface area (Å²) in [5.74, 6) is -1.62. The molecule has 2 N–H and O–H groups in total. The molecule has 4 heteroatoms. The number of benzene rings is 1. The van der Waals surface area contributed by atoms with E-state index in [1.807, 2.05) is 30.3 Å². The first kappa shape index (κ1) is 14.6. The van der Waals surface area contributed by atoms with Crippen LogP contribution in [0.5, 0.6) is 0 Å². The highest BCUT2D eigenvalue weighted by Crippen LogP contribution is 2.51. The molecule has 108 valence electrons. The largest absolute Gasteiger partial charge is 0.481 e. The summed E-state index contributed by atoms with van der Waals surface area (Å²) in [7, 11) is 0. The molecule has 1 aliphatic rings. The van der Waals surface area contributed by atoms with Crippen molar-refractivity contribution in [2.75, 3.05) is 0 Å².